The molecule has 1 N–H and O–H groups in total. The molecule has 0 spiro atoms. The second-order valence-corrected chi connectivity index (χ2v) is 6.41. The largest absolute Gasteiger partial charge is 0.469 e. The molecular formula is C15H28N2O2. The summed E-state index contributed by atoms with van der Waals surface area (Å²) in [5.41, 5.74) is 0. The number of esters is 1. The summed E-state index contributed by atoms with van der Waals surface area (Å²) >= 11 is 0. The lowest BCUT2D eigenvalue weighted by atomic mass is 9.85. The van der Waals surface area contributed by atoms with Crippen LogP contribution in [0.25, 0.3) is 0 Å². The van der Waals surface area contributed by atoms with E-state index in [1.54, 1.807) is 0 Å². The van der Waals surface area contributed by atoms with Crippen molar-refractivity contribution in [1.82, 2.24) is 10.2 Å². The smallest absolute Gasteiger partial charge is 0.310 e. The molecule has 0 radical (unpaired) electrons. The first-order chi connectivity index (χ1) is 9.10. The van der Waals surface area contributed by atoms with Crippen molar-refractivity contribution in [1.29, 1.82) is 0 Å². The van der Waals surface area contributed by atoms with Crippen molar-refractivity contribution in [3.8, 4) is 0 Å². The monoisotopic (exact) mass is 268 g/mol. The van der Waals surface area contributed by atoms with Crippen molar-refractivity contribution in [2.45, 2.75) is 51.6 Å². The molecule has 4 heteroatoms. The van der Waals surface area contributed by atoms with E-state index in [2.05, 4.69) is 24.1 Å². The Kier molecular flexibility index (Phi) is 5.22. The van der Waals surface area contributed by atoms with Crippen molar-refractivity contribution < 1.29 is 9.53 Å². The molecule has 1 heterocycles. The van der Waals surface area contributed by atoms with Gasteiger partial charge in [-0.1, -0.05) is 6.42 Å². The molecule has 1 saturated heterocycles. The Balaban J connectivity index is 1.87. The van der Waals surface area contributed by atoms with Crippen LogP contribution in [0.5, 0.6) is 0 Å². The highest BCUT2D eigenvalue weighted by molar-refractivity contribution is 5.72. The molecule has 0 bridgehead atoms. The summed E-state index contributed by atoms with van der Waals surface area (Å²) in [7, 11) is 1.49. The Morgan fingerprint density at radius 2 is 2.11 bits per heavy atom. The topological polar surface area (TPSA) is 41.6 Å². The van der Waals surface area contributed by atoms with Crippen molar-refractivity contribution in [2.75, 3.05) is 26.7 Å². The maximum absolute atomic E-state index is 11.8. The Morgan fingerprint density at radius 3 is 2.63 bits per heavy atom. The predicted molar refractivity (Wildman–Crippen MR) is 76.0 cm³/mol. The lowest BCUT2D eigenvalue weighted by Gasteiger charge is -2.40. The fourth-order valence-corrected chi connectivity index (χ4v) is 3.07. The molecule has 0 amide bonds. The summed E-state index contributed by atoms with van der Waals surface area (Å²) in [4.78, 5) is 14.2. The molecule has 0 aromatic rings. The molecule has 110 valence electrons. The Labute approximate surface area is 116 Å². The van der Waals surface area contributed by atoms with E-state index in [9.17, 15) is 4.79 Å². The summed E-state index contributed by atoms with van der Waals surface area (Å²) in [5.74, 6) is 0.840. The van der Waals surface area contributed by atoms with E-state index >= 15 is 0 Å². The first kappa shape index (κ1) is 14.8. The number of likely N-dealkylation sites (tertiary alicyclic amines) is 1. The summed E-state index contributed by atoms with van der Waals surface area (Å²) < 4.78 is 4.93. The molecule has 1 aliphatic heterocycles. The number of ether oxygens (including phenoxy) is 1. The highest BCUT2D eigenvalue weighted by Crippen LogP contribution is 2.26. The van der Waals surface area contributed by atoms with Gasteiger partial charge < -0.3 is 10.1 Å². The normalized spacial score (nSPS) is 29.3. The molecule has 0 aromatic heterocycles. The summed E-state index contributed by atoms with van der Waals surface area (Å²) in [6, 6.07) is 0.918. The van der Waals surface area contributed by atoms with Crippen molar-refractivity contribution >= 4 is 5.97 Å². The third-order valence-corrected chi connectivity index (χ3v) is 4.66. The van der Waals surface area contributed by atoms with E-state index in [0.717, 1.165) is 32.0 Å². The zero-order valence-electron chi connectivity index (χ0n) is 12.5. The van der Waals surface area contributed by atoms with Crippen LogP contribution in [-0.4, -0.2) is 49.7 Å². The zero-order chi connectivity index (χ0) is 13.8. The molecule has 19 heavy (non-hydrogen) atoms. The van der Waals surface area contributed by atoms with Crippen LogP contribution in [-0.2, 0) is 9.53 Å². The molecule has 1 aliphatic carbocycles. The third kappa shape index (κ3) is 3.93. The van der Waals surface area contributed by atoms with Gasteiger partial charge in [0.15, 0.2) is 0 Å². The number of methoxy groups -OCH3 is 1. The van der Waals surface area contributed by atoms with E-state index < -0.39 is 0 Å². The number of hydrogen-bond acceptors (Lipinski definition) is 4. The number of piperidine rings is 1. The van der Waals surface area contributed by atoms with Crippen LogP contribution in [0.2, 0.25) is 0 Å². The van der Waals surface area contributed by atoms with Crippen LogP contribution in [0.3, 0.4) is 0 Å². The highest BCUT2D eigenvalue weighted by atomic mass is 16.5. The van der Waals surface area contributed by atoms with E-state index in [0.29, 0.717) is 12.1 Å². The fourth-order valence-electron chi connectivity index (χ4n) is 3.07. The maximum Gasteiger partial charge on any atom is 0.310 e. The molecule has 2 atom stereocenters. The van der Waals surface area contributed by atoms with Gasteiger partial charge in [-0.25, -0.2) is 0 Å². The zero-order valence-corrected chi connectivity index (χ0v) is 12.5. The summed E-state index contributed by atoms with van der Waals surface area (Å²) in [6.07, 6.45) is 5.05. The summed E-state index contributed by atoms with van der Waals surface area (Å²) in [6.45, 7) is 7.40. The highest BCUT2D eigenvalue weighted by Gasteiger charge is 2.33. The molecule has 2 rings (SSSR count). The van der Waals surface area contributed by atoms with Crippen LogP contribution < -0.4 is 5.32 Å². The van der Waals surface area contributed by atoms with Gasteiger partial charge >= 0.3 is 5.97 Å². The third-order valence-electron chi connectivity index (χ3n) is 4.66. The molecule has 4 nitrogen and oxygen atoms in total. The number of rotatable bonds is 5. The predicted octanol–water partition coefficient (Wildman–Crippen LogP) is 1.65. The molecule has 2 unspecified atom stereocenters. The minimum atomic E-state index is -0.0548. The molecule has 1 saturated carbocycles. The van der Waals surface area contributed by atoms with Gasteiger partial charge in [0.1, 0.15) is 0 Å². The van der Waals surface area contributed by atoms with Gasteiger partial charge in [-0.3, -0.25) is 9.69 Å². The van der Waals surface area contributed by atoms with Gasteiger partial charge in [0.25, 0.3) is 0 Å². The van der Waals surface area contributed by atoms with Crippen molar-refractivity contribution in [3.63, 3.8) is 0 Å². The Hall–Kier alpha value is -0.610. The van der Waals surface area contributed by atoms with Crippen LogP contribution in [0, 0.1) is 11.8 Å². The molecule has 0 aromatic carbocycles. The van der Waals surface area contributed by atoms with Crippen LogP contribution in [0.4, 0.5) is 0 Å². The van der Waals surface area contributed by atoms with Gasteiger partial charge in [-0.15, -0.1) is 0 Å². The van der Waals surface area contributed by atoms with Crippen molar-refractivity contribution in [2.24, 2.45) is 11.8 Å². The lowest BCUT2D eigenvalue weighted by Crippen LogP contribution is -2.54. The average molecular weight is 268 g/mol. The van der Waals surface area contributed by atoms with E-state index in [4.69, 9.17) is 4.74 Å². The molecular weight excluding hydrogens is 240 g/mol. The van der Waals surface area contributed by atoms with Crippen molar-refractivity contribution in [3.05, 3.63) is 0 Å². The van der Waals surface area contributed by atoms with Gasteiger partial charge in [0, 0.05) is 25.2 Å². The SMILES string of the molecule is COC(=O)C1CC(NCC2CCC2)CN(C(C)C)C1. The van der Waals surface area contributed by atoms with Crippen LogP contribution >= 0.6 is 0 Å². The van der Waals surface area contributed by atoms with Gasteiger partial charge in [-0.2, -0.15) is 0 Å². The number of nitrogens with one attached hydrogen (secondary N) is 1. The molecule has 2 fully saturated rings. The lowest BCUT2D eigenvalue weighted by molar-refractivity contribution is -0.148. The number of nitrogens with zero attached hydrogens (tertiary/aromatic N) is 1. The number of carbonyl (C=O) groups excluding carboxylic acids is 1. The maximum atomic E-state index is 11.8. The van der Waals surface area contributed by atoms with E-state index in [-0.39, 0.29) is 11.9 Å². The van der Waals surface area contributed by atoms with E-state index in [1.165, 1.54) is 26.4 Å². The first-order valence-electron chi connectivity index (χ1n) is 7.65. The standard InChI is InChI=1S/C15H28N2O2/c1-11(2)17-9-13(15(18)19-3)7-14(10-17)16-8-12-5-4-6-12/h11-14,16H,4-10H2,1-3H3. The van der Waals surface area contributed by atoms with Crippen LogP contribution in [0.1, 0.15) is 39.5 Å². The quantitative estimate of drug-likeness (QED) is 0.770. The first-order valence-corrected chi connectivity index (χ1v) is 7.65. The second-order valence-electron chi connectivity index (χ2n) is 6.41. The minimum Gasteiger partial charge on any atom is -0.469 e. The molecule has 2 aliphatic rings. The fraction of sp³-hybridized carbons (Fsp3) is 0.933. The van der Waals surface area contributed by atoms with Gasteiger partial charge in [-0.05, 0) is 45.6 Å². The van der Waals surface area contributed by atoms with E-state index in [1.807, 2.05) is 0 Å². The summed E-state index contributed by atoms with van der Waals surface area (Å²) in [5, 5.41) is 3.67. The van der Waals surface area contributed by atoms with Gasteiger partial charge in [0.2, 0.25) is 0 Å². The number of carbonyl (C=O) groups is 1. The second kappa shape index (κ2) is 6.71. The minimum absolute atomic E-state index is 0.0278. The van der Waals surface area contributed by atoms with Crippen LogP contribution in [0.15, 0.2) is 0 Å². The Morgan fingerprint density at radius 1 is 1.37 bits per heavy atom. The Bertz CT molecular complexity index is 303. The number of hydrogen-bond donors (Lipinski definition) is 1. The average Bonchev–Trinajstić information content (AvgIpc) is 2.35. The van der Waals surface area contributed by atoms with Gasteiger partial charge in [0.05, 0.1) is 13.0 Å².